The molecule has 2 aromatic rings. The van der Waals surface area contributed by atoms with Crippen molar-refractivity contribution in [3.63, 3.8) is 0 Å². The van der Waals surface area contributed by atoms with Gasteiger partial charge >= 0.3 is 6.61 Å². The minimum atomic E-state index is -3.03. The summed E-state index contributed by atoms with van der Waals surface area (Å²) in [6.07, 6.45) is 0. The molecule has 0 N–H and O–H groups in total. The summed E-state index contributed by atoms with van der Waals surface area (Å²) in [4.78, 5) is 0. The van der Waals surface area contributed by atoms with Crippen molar-refractivity contribution in [2.45, 2.75) is 27.4 Å². The molecule has 1 aromatic carbocycles. The lowest BCUT2D eigenvalue weighted by Crippen LogP contribution is -2.01. The molecule has 2 rings (SSSR count). The number of hydrogen-bond donors (Lipinski definition) is 0. The Labute approximate surface area is 113 Å². The van der Waals surface area contributed by atoms with Gasteiger partial charge in [0.15, 0.2) is 5.06 Å². The zero-order valence-corrected chi connectivity index (χ0v) is 11.4. The number of halogens is 3. The molecule has 0 aliphatic heterocycles. The van der Waals surface area contributed by atoms with Gasteiger partial charge in [-0.3, -0.25) is 0 Å². The topological polar surface area (TPSA) is 33.0 Å². The van der Waals surface area contributed by atoms with Gasteiger partial charge < -0.3 is 4.74 Å². The van der Waals surface area contributed by atoms with Gasteiger partial charge in [-0.25, -0.2) is 4.39 Å². The number of aryl methyl sites for hydroxylation is 1. The van der Waals surface area contributed by atoms with Gasteiger partial charge in [-0.05, 0) is 18.6 Å². The van der Waals surface area contributed by atoms with Crippen LogP contribution in [0.5, 0.6) is 5.06 Å². The zero-order chi connectivity index (χ0) is 14.6. The highest BCUT2D eigenvalue weighted by Crippen LogP contribution is 2.40. The lowest BCUT2D eigenvalue weighted by molar-refractivity contribution is -0.0473. The predicted molar refractivity (Wildman–Crippen MR) is 69.2 cm³/mol. The van der Waals surface area contributed by atoms with E-state index in [1.165, 1.54) is 12.1 Å². The van der Waals surface area contributed by atoms with Crippen molar-refractivity contribution in [1.82, 2.24) is 0 Å². The third-order valence-corrected chi connectivity index (χ3v) is 3.36. The smallest absolute Gasteiger partial charge is 0.388 e. The number of benzene rings is 1. The summed E-state index contributed by atoms with van der Waals surface area (Å²) in [5.74, 6) is -0.545. The average Bonchev–Trinajstić information content (AvgIpc) is 2.75. The Hall–Kier alpha value is -1.74. The van der Waals surface area contributed by atoms with Crippen LogP contribution in [0, 0.1) is 24.1 Å². The van der Waals surface area contributed by atoms with Crippen molar-refractivity contribution in [3.05, 3.63) is 29.1 Å². The van der Waals surface area contributed by atoms with Crippen molar-refractivity contribution in [1.29, 1.82) is 5.26 Å². The van der Waals surface area contributed by atoms with E-state index in [2.05, 4.69) is 4.74 Å². The first kappa shape index (κ1) is 15.3. The third-order valence-electron chi connectivity index (χ3n) is 2.27. The average molecular weight is 287 g/mol. The van der Waals surface area contributed by atoms with Crippen LogP contribution < -0.4 is 4.74 Å². The molecule has 0 amide bonds. The number of hydrogen-bond acceptors (Lipinski definition) is 3. The van der Waals surface area contributed by atoms with Crippen LogP contribution in [0.25, 0.3) is 10.1 Å². The van der Waals surface area contributed by atoms with E-state index < -0.39 is 12.4 Å². The van der Waals surface area contributed by atoms with Crippen molar-refractivity contribution in [3.8, 4) is 11.1 Å². The fraction of sp³-hybridized carbons (Fsp3) is 0.308. The second-order valence-corrected chi connectivity index (χ2v) is 4.31. The number of nitrogens with zero attached hydrogens (tertiary/aromatic N) is 1. The number of nitriles is 1. The van der Waals surface area contributed by atoms with Crippen molar-refractivity contribution in [2.24, 2.45) is 0 Å². The van der Waals surface area contributed by atoms with Gasteiger partial charge in [0.1, 0.15) is 17.4 Å². The lowest BCUT2D eigenvalue weighted by Gasteiger charge is -2.00. The molecule has 1 heterocycles. The number of fused-ring (bicyclic) bond motifs is 1. The van der Waals surface area contributed by atoms with E-state index in [9.17, 15) is 13.2 Å². The number of rotatable bonds is 2. The number of thiophene rings is 1. The van der Waals surface area contributed by atoms with Crippen molar-refractivity contribution < 1.29 is 17.9 Å². The summed E-state index contributed by atoms with van der Waals surface area (Å²) >= 11 is 0.718. The molecule has 0 saturated heterocycles. The summed E-state index contributed by atoms with van der Waals surface area (Å²) in [5, 5.41) is 9.04. The van der Waals surface area contributed by atoms with E-state index in [0.29, 0.717) is 10.9 Å². The molecule has 1 aromatic heterocycles. The zero-order valence-electron chi connectivity index (χ0n) is 10.6. The Morgan fingerprint density at radius 2 is 1.95 bits per heavy atom. The maximum Gasteiger partial charge on any atom is 0.388 e. The Morgan fingerprint density at radius 3 is 2.47 bits per heavy atom. The summed E-state index contributed by atoms with van der Waals surface area (Å²) in [5.41, 5.74) is 0.612. The van der Waals surface area contributed by atoms with Crippen molar-refractivity contribution in [2.75, 3.05) is 0 Å². The minimum absolute atomic E-state index is 0.0395. The van der Waals surface area contributed by atoms with Gasteiger partial charge in [-0.1, -0.05) is 31.3 Å². The van der Waals surface area contributed by atoms with E-state index in [1.54, 1.807) is 13.0 Å². The monoisotopic (exact) mass is 287 g/mol. The van der Waals surface area contributed by atoms with E-state index in [-0.39, 0.29) is 15.3 Å². The van der Waals surface area contributed by atoms with E-state index in [0.717, 1.165) is 11.3 Å². The van der Waals surface area contributed by atoms with Crippen LogP contribution in [0.2, 0.25) is 0 Å². The standard InChI is InChI=1S/C11H6F3NOS.C2H6/c1-5-2-3-7(12)9-8(5)6(4-15)10(17-9)16-11(13)14;1-2/h2-3,11H,1H3;1-2H3. The van der Waals surface area contributed by atoms with Gasteiger partial charge in [0, 0.05) is 5.39 Å². The maximum atomic E-state index is 13.5. The molecular formula is C13H12F3NOS. The second kappa shape index (κ2) is 6.43. The molecule has 6 heteroatoms. The molecule has 0 aliphatic rings. The van der Waals surface area contributed by atoms with Crippen LogP contribution in [-0.4, -0.2) is 6.61 Å². The van der Waals surface area contributed by atoms with E-state index >= 15 is 0 Å². The van der Waals surface area contributed by atoms with Crippen molar-refractivity contribution >= 4 is 21.4 Å². The van der Waals surface area contributed by atoms with Crippen LogP contribution in [0.4, 0.5) is 13.2 Å². The van der Waals surface area contributed by atoms with Crippen LogP contribution >= 0.6 is 11.3 Å². The molecule has 19 heavy (non-hydrogen) atoms. The third kappa shape index (κ3) is 2.99. The first-order valence-corrected chi connectivity index (χ1v) is 6.42. The Kier molecular flexibility index (Phi) is 5.19. The molecule has 0 bridgehead atoms. The molecule has 0 spiro atoms. The molecule has 102 valence electrons. The fourth-order valence-corrected chi connectivity index (χ4v) is 2.66. The fourth-order valence-electron chi connectivity index (χ4n) is 1.58. The summed E-state index contributed by atoms with van der Waals surface area (Å²) in [6, 6.07) is 4.51. The highest BCUT2D eigenvalue weighted by atomic mass is 32.1. The minimum Gasteiger partial charge on any atom is -0.423 e. The first-order chi connectivity index (χ1) is 9.04. The van der Waals surface area contributed by atoms with E-state index in [1.807, 2.05) is 13.8 Å². The molecule has 0 atom stereocenters. The van der Waals surface area contributed by atoms with Gasteiger partial charge in [-0.15, -0.1) is 0 Å². The molecular weight excluding hydrogens is 275 g/mol. The number of ether oxygens (including phenoxy) is 1. The summed E-state index contributed by atoms with van der Waals surface area (Å²) in [6.45, 7) is 2.65. The highest BCUT2D eigenvalue weighted by Gasteiger charge is 2.20. The predicted octanol–water partition coefficient (Wildman–Crippen LogP) is 4.85. The largest absolute Gasteiger partial charge is 0.423 e. The molecule has 0 fully saturated rings. The van der Waals surface area contributed by atoms with Gasteiger partial charge in [-0.2, -0.15) is 14.0 Å². The van der Waals surface area contributed by atoms with Gasteiger partial charge in [0.2, 0.25) is 0 Å². The first-order valence-electron chi connectivity index (χ1n) is 5.61. The SMILES string of the molecule is CC.Cc1ccc(F)c2sc(OC(F)F)c(C#N)c12. The highest BCUT2D eigenvalue weighted by molar-refractivity contribution is 7.21. The van der Waals surface area contributed by atoms with E-state index in [4.69, 9.17) is 5.26 Å². The lowest BCUT2D eigenvalue weighted by atomic mass is 10.1. The van der Waals surface area contributed by atoms with Crippen LogP contribution in [0.1, 0.15) is 25.0 Å². The normalized spacial score (nSPS) is 10.0. The maximum absolute atomic E-state index is 13.5. The summed E-state index contributed by atoms with van der Waals surface area (Å²) < 4.78 is 42.2. The quantitative estimate of drug-likeness (QED) is 0.791. The molecule has 0 radical (unpaired) electrons. The Morgan fingerprint density at radius 1 is 1.32 bits per heavy atom. The van der Waals surface area contributed by atoms with Gasteiger partial charge in [0.05, 0.1) is 4.70 Å². The molecule has 0 saturated carbocycles. The Bertz CT molecular complexity index is 616. The van der Waals surface area contributed by atoms with Gasteiger partial charge in [0.25, 0.3) is 0 Å². The Balaban J connectivity index is 0.000000861. The molecule has 0 unspecified atom stereocenters. The second-order valence-electron chi connectivity index (χ2n) is 3.32. The molecule has 2 nitrogen and oxygen atoms in total. The van der Waals surface area contributed by atoms with Crippen LogP contribution in [-0.2, 0) is 0 Å². The number of alkyl halides is 2. The summed E-state index contributed by atoms with van der Waals surface area (Å²) in [7, 11) is 0. The van der Waals surface area contributed by atoms with Crippen LogP contribution in [0.3, 0.4) is 0 Å². The van der Waals surface area contributed by atoms with Crippen LogP contribution in [0.15, 0.2) is 12.1 Å². The molecule has 0 aliphatic carbocycles.